The fraction of sp³-hybridized carbons (Fsp3) is 0.250. The van der Waals surface area contributed by atoms with E-state index in [1.54, 1.807) is 0 Å². The predicted molar refractivity (Wildman–Crippen MR) is 119 cm³/mol. The molecule has 27 heavy (non-hydrogen) atoms. The summed E-state index contributed by atoms with van der Waals surface area (Å²) in [5.41, 5.74) is 7.95. The maximum atomic E-state index is 3.53. The van der Waals surface area contributed by atoms with Crippen LogP contribution in [0.3, 0.4) is 0 Å². The highest BCUT2D eigenvalue weighted by Crippen LogP contribution is 2.31. The van der Waals surface area contributed by atoms with Crippen LogP contribution in [0.2, 0.25) is 0 Å². The smallest absolute Gasteiger partial charge is 0.0411 e. The first kappa shape index (κ1) is 19.5. The molecule has 1 N–H and O–H groups in total. The molecule has 0 aliphatic carbocycles. The number of benzene rings is 3. The van der Waals surface area contributed by atoms with Crippen molar-refractivity contribution >= 4 is 23.8 Å². The molecule has 1 aliphatic rings. The van der Waals surface area contributed by atoms with Crippen molar-refractivity contribution in [2.24, 2.45) is 0 Å². The predicted octanol–water partition coefficient (Wildman–Crippen LogP) is 5.79. The first-order chi connectivity index (χ1) is 12.7. The van der Waals surface area contributed by atoms with Gasteiger partial charge < -0.3 is 10.2 Å². The van der Waals surface area contributed by atoms with Gasteiger partial charge in [-0.1, -0.05) is 55.5 Å². The molecule has 0 amide bonds. The van der Waals surface area contributed by atoms with Crippen LogP contribution in [0.25, 0.3) is 11.1 Å². The highest BCUT2D eigenvalue weighted by atomic mass is 35.5. The number of hydrogen-bond donors (Lipinski definition) is 1. The molecule has 1 atom stereocenters. The van der Waals surface area contributed by atoms with Crippen molar-refractivity contribution in [2.45, 2.75) is 19.3 Å². The third kappa shape index (κ3) is 4.18. The van der Waals surface area contributed by atoms with E-state index in [0.717, 1.165) is 19.5 Å². The molecule has 3 aromatic rings. The molecule has 140 valence electrons. The second-order valence-corrected chi connectivity index (χ2v) is 7.21. The van der Waals surface area contributed by atoms with E-state index in [9.17, 15) is 0 Å². The van der Waals surface area contributed by atoms with Crippen molar-refractivity contribution in [3.8, 4) is 11.1 Å². The maximum Gasteiger partial charge on any atom is 0.0411 e. The highest BCUT2D eigenvalue weighted by Gasteiger charge is 2.16. The van der Waals surface area contributed by atoms with Crippen LogP contribution < -0.4 is 10.2 Å². The summed E-state index contributed by atoms with van der Waals surface area (Å²) in [5.74, 6) is 0.557. The summed E-state index contributed by atoms with van der Waals surface area (Å²) in [6, 6.07) is 26.3. The van der Waals surface area contributed by atoms with Crippen molar-refractivity contribution in [3.63, 3.8) is 0 Å². The van der Waals surface area contributed by atoms with Gasteiger partial charge in [0.15, 0.2) is 0 Å². The van der Waals surface area contributed by atoms with E-state index < -0.39 is 0 Å². The monoisotopic (exact) mass is 378 g/mol. The van der Waals surface area contributed by atoms with E-state index in [-0.39, 0.29) is 12.4 Å². The van der Waals surface area contributed by atoms with E-state index in [1.807, 2.05) is 0 Å². The van der Waals surface area contributed by atoms with Gasteiger partial charge in [0.2, 0.25) is 0 Å². The number of rotatable bonds is 3. The Hall–Kier alpha value is -2.29. The van der Waals surface area contributed by atoms with Crippen molar-refractivity contribution in [1.82, 2.24) is 5.32 Å². The van der Waals surface area contributed by atoms with Crippen LogP contribution in [-0.4, -0.2) is 20.1 Å². The number of fused-ring (bicyclic) bond motifs is 1. The van der Waals surface area contributed by atoms with Gasteiger partial charge in [-0.2, -0.15) is 0 Å². The van der Waals surface area contributed by atoms with E-state index in [0.29, 0.717) is 5.92 Å². The summed E-state index contributed by atoms with van der Waals surface area (Å²) in [4.78, 5) is 2.28. The molecular weight excluding hydrogens is 352 g/mol. The fourth-order valence-electron chi connectivity index (χ4n) is 3.79. The molecule has 0 spiro atoms. The van der Waals surface area contributed by atoms with Gasteiger partial charge in [0.05, 0.1) is 0 Å². The van der Waals surface area contributed by atoms with Crippen LogP contribution in [0.5, 0.6) is 0 Å². The largest absolute Gasteiger partial charge is 0.345 e. The first-order valence-corrected chi connectivity index (χ1v) is 9.45. The Labute approximate surface area is 168 Å². The molecule has 1 heterocycles. The maximum absolute atomic E-state index is 3.53. The van der Waals surface area contributed by atoms with Crippen molar-refractivity contribution in [1.29, 1.82) is 0 Å². The number of nitrogens with zero attached hydrogens (tertiary/aromatic N) is 1. The summed E-state index contributed by atoms with van der Waals surface area (Å²) < 4.78 is 0. The lowest BCUT2D eigenvalue weighted by molar-refractivity contribution is 0.644. The van der Waals surface area contributed by atoms with Gasteiger partial charge in [-0.25, -0.2) is 0 Å². The van der Waals surface area contributed by atoms with Crippen LogP contribution in [0.15, 0.2) is 72.8 Å². The minimum atomic E-state index is 0. The van der Waals surface area contributed by atoms with E-state index in [4.69, 9.17) is 0 Å². The quantitative estimate of drug-likeness (QED) is 0.620. The van der Waals surface area contributed by atoms with Gasteiger partial charge in [0, 0.05) is 25.0 Å². The third-order valence-electron chi connectivity index (χ3n) is 5.43. The summed E-state index contributed by atoms with van der Waals surface area (Å²) in [5, 5.41) is 3.53. The van der Waals surface area contributed by atoms with Crippen molar-refractivity contribution in [3.05, 3.63) is 83.9 Å². The fourth-order valence-corrected chi connectivity index (χ4v) is 3.79. The number of hydrogen-bond acceptors (Lipinski definition) is 2. The zero-order chi connectivity index (χ0) is 17.9. The third-order valence-corrected chi connectivity index (χ3v) is 5.43. The molecule has 0 unspecified atom stereocenters. The Morgan fingerprint density at radius 2 is 1.52 bits per heavy atom. The zero-order valence-electron chi connectivity index (χ0n) is 16.0. The van der Waals surface area contributed by atoms with Crippen LogP contribution in [-0.2, 0) is 6.42 Å². The highest BCUT2D eigenvalue weighted by molar-refractivity contribution is 5.85. The van der Waals surface area contributed by atoms with Gasteiger partial charge in [-0.3, -0.25) is 0 Å². The van der Waals surface area contributed by atoms with E-state index in [2.05, 4.69) is 97.0 Å². The molecule has 3 heteroatoms. The summed E-state index contributed by atoms with van der Waals surface area (Å²) in [6.45, 7) is 4.45. The minimum Gasteiger partial charge on any atom is -0.345 e. The minimum absolute atomic E-state index is 0. The summed E-state index contributed by atoms with van der Waals surface area (Å²) >= 11 is 0. The van der Waals surface area contributed by atoms with Gasteiger partial charge in [-0.15, -0.1) is 12.4 Å². The molecular formula is C24H27ClN2. The standard InChI is InChI=1S/C24H26N2.ClH/c1-18-17-25-15-14-21-10-13-23(16-24(18)21)26(2)22-11-8-20(9-12-22)19-6-4-3-5-7-19;/h3-13,16,18,25H,14-15,17H2,1-2H3;1H/t18-;/m1./s1. The molecule has 4 rings (SSSR count). The Balaban J connectivity index is 0.00000210. The van der Waals surface area contributed by atoms with E-state index in [1.165, 1.54) is 33.6 Å². The van der Waals surface area contributed by atoms with Crippen LogP contribution in [0, 0.1) is 0 Å². The molecule has 0 aromatic heterocycles. The zero-order valence-corrected chi connectivity index (χ0v) is 16.8. The van der Waals surface area contributed by atoms with Crippen molar-refractivity contribution in [2.75, 3.05) is 25.0 Å². The van der Waals surface area contributed by atoms with Gasteiger partial charge >= 0.3 is 0 Å². The number of anilines is 2. The van der Waals surface area contributed by atoms with Crippen LogP contribution in [0.4, 0.5) is 11.4 Å². The Morgan fingerprint density at radius 3 is 2.26 bits per heavy atom. The SMILES string of the molecule is C[C@@H]1CNCCc2ccc(N(C)c3ccc(-c4ccccc4)cc3)cc21.Cl. The number of halogens is 1. The van der Waals surface area contributed by atoms with E-state index >= 15 is 0 Å². The second kappa shape index (κ2) is 8.60. The Kier molecular flexibility index (Phi) is 6.20. The van der Waals surface area contributed by atoms with Crippen molar-refractivity contribution < 1.29 is 0 Å². The lowest BCUT2D eigenvalue weighted by atomic mass is 9.94. The molecule has 0 saturated heterocycles. The Morgan fingerprint density at radius 1 is 0.852 bits per heavy atom. The second-order valence-electron chi connectivity index (χ2n) is 7.21. The summed E-state index contributed by atoms with van der Waals surface area (Å²) in [7, 11) is 2.15. The molecule has 0 fully saturated rings. The lowest BCUT2D eigenvalue weighted by Gasteiger charge is -2.23. The number of nitrogens with one attached hydrogen (secondary N) is 1. The lowest BCUT2D eigenvalue weighted by Crippen LogP contribution is -2.18. The van der Waals surface area contributed by atoms with Gasteiger partial charge in [0.25, 0.3) is 0 Å². The topological polar surface area (TPSA) is 15.3 Å². The molecule has 2 nitrogen and oxygen atoms in total. The van der Waals surface area contributed by atoms with Gasteiger partial charge in [0.1, 0.15) is 0 Å². The van der Waals surface area contributed by atoms with Crippen LogP contribution >= 0.6 is 12.4 Å². The average Bonchev–Trinajstić information content (AvgIpc) is 2.89. The summed E-state index contributed by atoms with van der Waals surface area (Å²) in [6.07, 6.45) is 1.12. The van der Waals surface area contributed by atoms with Gasteiger partial charge in [-0.05, 0) is 65.4 Å². The Bertz CT molecular complexity index is 875. The first-order valence-electron chi connectivity index (χ1n) is 9.45. The molecule has 3 aromatic carbocycles. The average molecular weight is 379 g/mol. The molecule has 1 aliphatic heterocycles. The van der Waals surface area contributed by atoms with Crippen LogP contribution in [0.1, 0.15) is 24.0 Å². The normalized spacial score (nSPS) is 16.0. The molecule has 0 radical (unpaired) electrons. The molecule has 0 saturated carbocycles. The molecule has 0 bridgehead atoms.